The molecule has 4 saturated carbocycles. The first-order chi connectivity index (χ1) is 24.9. The van der Waals surface area contributed by atoms with Gasteiger partial charge in [0.25, 0.3) is 0 Å². The minimum Gasteiger partial charge on any atom is -0.392 e. The number of carbonyl (C=O) groups excluding carboxylic acids is 1. The zero-order valence-electron chi connectivity index (χ0n) is 29.7. The number of benzene rings is 4. The topological polar surface area (TPSA) is 83.1 Å². The molecule has 0 spiro atoms. The van der Waals surface area contributed by atoms with E-state index in [0.717, 1.165) is 89.9 Å². The Kier molecular flexibility index (Phi) is 9.97. The number of aliphatic hydroxyl groups is 1. The van der Waals surface area contributed by atoms with E-state index in [-0.39, 0.29) is 30.4 Å². The van der Waals surface area contributed by atoms with Crippen molar-refractivity contribution < 1.29 is 19.4 Å². The van der Waals surface area contributed by atoms with Crippen LogP contribution in [0.4, 0.5) is 4.79 Å². The first kappa shape index (κ1) is 34.1. The molecule has 2 amide bonds. The van der Waals surface area contributed by atoms with E-state index in [0.29, 0.717) is 6.54 Å². The normalized spacial score (nSPS) is 28.1. The first-order valence-electron chi connectivity index (χ1n) is 18.9. The summed E-state index contributed by atoms with van der Waals surface area (Å²) in [5, 5.41) is 16.2. The first-order valence-corrected chi connectivity index (χ1v) is 18.9. The second-order valence-corrected chi connectivity index (χ2v) is 15.9. The largest absolute Gasteiger partial charge is 0.392 e. The average molecular weight is 686 g/mol. The molecule has 3 N–H and O–H groups in total. The van der Waals surface area contributed by atoms with Crippen molar-refractivity contribution in [1.29, 1.82) is 0 Å². The van der Waals surface area contributed by atoms with Crippen LogP contribution in [-0.4, -0.2) is 41.3 Å². The molecule has 0 radical (unpaired) electrons. The van der Waals surface area contributed by atoms with Crippen molar-refractivity contribution in [3.63, 3.8) is 0 Å². The number of hydrogen-bond acceptors (Lipinski definition) is 5. The third-order valence-corrected chi connectivity index (χ3v) is 11.7. The number of urea groups is 1. The summed E-state index contributed by atoms with van der Waals surface area (Å²) in [6.07, 6.45) is 7.55. The molecule has 3 atom stereocenters. The van der Waals surface area contributed by atoms with Crippen molar-refractivity contribution in [2.75, 3.05) is 13.6 Å². The maximum atomic E-state index is 13.2. The van der Waals surface area contributed by atoms with Crippen LogP contribution in [0.25, 0.3) is 11.1 Å². The lowest BCUT2D eigenvalue weighted by molar-refractivity contribution is -0.252. The summed E-state index contributed by atoms with van der Waals surface area (Å²) in [6, 6.07) is 35.4. The van der Waals surface area contributed by atoms with Crippen LogP contribution in [0.3, 0.4) is 0 Å². The highest BCUT2D eigenvalue weighted by Crippen LogP contribution is 2.55. The van der Waals surface area contributed by atoms with E-state index < -0.39 is 6.29 Å². The minimum absolute atomic E-state index is 0.00257. The zero-order chi connectivity index (χ0) is 34.8. The number of amides is 2. The molecule has 1 saturated heterocycles. The SMILES string of the molecule is CN(Cc1ccccc1)C[C@H]1C[C@@H](c2ccc(CO)cc2)O[C@@H](c2cccc(-c3cccc(CNC(=O)NC45CC6CC(CC(C6)C4)C5)c3)c2)O1. The third kappa shape index (κ3) is 8.07. The molecule has 7 nitrogen and oxygen atoms in total. The molecule has 0 aromatic heterocycles. The van der Waals surface area contributed by atoms with Crippen LogP contribution < -0.4 is 10.6 Å². The molecule has 5 fully saturated rings. The van der Waals surface area contributed by atoms with Gasteiger partial charge in [-0.3, -0.25) is 4.90 Å². The lowest BCUT2D eigenvalue weighted by Crippen LogP contribution is -2.61. The van der Waals surface area contributed by atoms with Gasteiger partial charge in [0.1, 0.15) is 0 Å². The summed E-state index contributed by atoms with van der Waals surface area (Å²) >= 11 is 0. The lowest BCUT2D eigenvalue weighted by atomic mass is 9.53. The predicted molar refractivity (Wildman–Crippen MR) is 199 cm³/mol. The highest BCUT2D eigenvalue weighted by Gasteiger charge is 2.51. The van der Waals surface area contributed by atoms with Crippen LogP contribution in [0.2, 0.25) is 0 Å². The van der Waals surface area contributed by atoms with Gasteiger partial charge in [-0.25, -0.2) is 4.79 Å². The molecule has 1 heterocycles. The van der Waals surface area contributed by atoms with Crippen molar-refractivity contribution in [2.24, 2.45) is 17.8 Å². The Morgan fingerprint density at radius 1 is 0.745 bits per heavy atom. The number of nitrogens with zero attached hydrogens (tertiary/aromatic N) is 1. The summed E-state index contributed by atoms with van der Waals surface area (Å²) in [4.78, 5) is 15.5. The third-order valence-electron chi connectivity index (χ3n) is 11.7. The van der Waals surface area contributed by atoms with E-state index in [9.17, 15) is 9.90 Å². The van der Waals surface area contributed by atoms with Crippen LogP contribution in [0.5, 0.6) is 0 Å². The van der Waals surface area contributed by atoms with E-state index in [4.69, 9.17) is 9.47 Å². The van der Waals surface area contributed by atoms with E-state index in [1.54, 1.807) is 0 Å². The Hall–Kier alpha value is -4.01. The standard InChI is InChI=1S/C44H51N3O4/c1-47(27-30-7-3-2-4-8-30)28-40-22-41(36-15-13-31(29-48)14-16-36)51-42(50-40)39-12-6-11-38(21-39)37-10-5-9-32(20-37)26-45-43(49)46-44-23-33-17-34(24-44)19-35(18-33)25-44/h2-16,20-21,33-35,40-42,48H,17-19,22-29H2,1H3,(H2,45,46,49)/t33?,34?,35?,40-,41+,42+,44?/m1/s1. The van der Waals surface area contributed by atoms with Gasteiger partial charge in [0, 0.05) is 37.2 Å². The number of aliphatic hydroxyl groups excluding tert-OH is 1. The van der Waals surface area contributed by atoms with Crippen molar-refractivity contribution >= 4 is 6.03 Å². The zero-order valence-corrected chi connectivity index (χ0v) is 29.7. The molecule has 4 aliphatic carbocycles. The molecule has 4 bridgehead atoms. The number of hydrogen-bond donors (Lipinski definition) is 3. The molecule has 5 aliphatic rings. The maximum absolute atomic E-state index is 13.2. The molecule has 51 heavy (non-hydrogen) atoms. The van der Waals surface area contributed by atoms with Gasteiger partial charge in [-0.05, 0) is 109 Å². The lowest BCUT2D eigenvalue weighted by Gasteiger charge is -2.56. The Labute approximate surface area is 302 Å². The van der Waals surface area contributed by atoms with Gasteiger partial charge in [-0.1, -0.05) is 91.0 Å². The van der Waals surface area contributed by atoms with Gasteiger partial charge in [0.2, 0.25) is 0 Å². The second-order valence-electron chi connectivity index (χ2n) is 15.9. The molecule has 4 aromatic carbocycles. The van der Waals surface area contributed by atoms with Crippen LogP contribution in [-0.2, 0) is 29.2 Å². The number of carbonyl (C=O) groups is 1. The van der Waals surface area contributed by atoms with Gasteiger partial charge in [-0.2, -0.15) is 0 Å². The van der Waals surface area contributed by atoms with Crippen LogP contribution in [0.1, 0.15) is 85.2 Å². The van der Waals surface area contributed by atoms with Crippen LogP contribution in [0.15, 0.2) is 103 Å². The summed E-state index contributed by atoms with van der Waals surface area (Å²) < 4.78 is 13.4. The molecule has 0 unspecified atom stereocenters. The molecule has 266 valence electrons. The quantitative estimate of drug-likeness (QED) is 0.148. The summed E-state index contributed by atoms with van der Waals surface area (Å²) in [7, 11) is 2.14. The Balaban J connectivity index is 0.950. The smallest absolute Gasteiger partial charge is 0.315 e. The monoisotopic (exact) mass is 685 g/mol. The van der Waals surface area contributed by atoms with Gasteiger partial charge in [0.15, 0.2) is 6.29 Å². The molecular weight excluding hydrogens is 635 g/mol. The summed E-state index contributed by atoms with van der Waals surface area (Å²) in [5.74, 6) is 2.39. The fraction of sp³-hybridized carbons (Fsp3) is 0.432. The van der Waals surface area contributed by atoms with E-state index in [1.807, 2.05) is 18.2 Å². The molecule has 9 rings (SSSR count). The summed E-state index contributed by atoms with van der Waals surface area (Å²) in [5.41, 5.74) is 7.44. The number of likely N-dealkylation sites (N-methyl/N-ethyl adjacent to an activating group) is 1. The Bertz CT molecular complexity index is 1760. The van der Waals surface area contributed by atoms with Crippen LogP contribution in [0, 0.1) is 17.8 Å². The highest BCUT2D eigenvalue weighted by atomic mass is 16.7. The molecular formula is C44H51N3O4. The van der Waals surface area contributed by atoms with Crippen molar-refractivity contribution in [3.8, 4) is 11.1 Å². The maximum Gasteiger partial charge on any atom is 0.315 e. The van der Waals surface area contributed by atoms with E-state index in [2.05, 4.69) is 108 Å². The van der Waals surface area contributed by atoms with Crippen molar-refractivity contribution in [3.05, 3.63) is 131 Å². The second kappa shape index (κ2) is 14.9. The van der Waals surface area contributed by atoms with Gasteiger partial charge < -0.3 is 25.2 Å². The molecule has 4 aromatic rings. The Morgan fingerprint density at radius 2 is 1.41 bits per heavy atom. The van der Waals surface area contributed by atoms with Gasteiger partial charge in [0.05, 0.1) is 18.8 Å². The number of nitrogens with one attached hydrogen (secondary N) is 2. The Morgan fingerprint density at radius 3 is 2.12 bits per heavy atom. The minimum atomic E-state index is -0.533. The van der Waals surface area contributed by atoms with Crippen LogP contribution >= 0.6 is 0 Å². The van der Waals surface area contributed by atoms with E-state index in [1.165, 1.54) is 24.8 Å². The van der Waals surface area contributed by atoms with Crippen molar-refractivity contribution in [1.82, 2.24) is 15.5 Å². The number of ether oxygens (including phenoxy) is 2. The predicted octanol–water partition coefficient (Wildman–Crippen LogP) is 8.29. The van der Waals surface area contributed by atoms with Gasteiger partial charge in [-0.15, -0.1) is 0 Å². The fourth-order valence-corrected chi connectivity index (χ4v) is 9.80. The van der Waals surface area contributed by atoms with Gasteiger partial charge >= 0.3 is 6.03 Å². The summed E-state index contributed by atoms with van der Waals surface area (Å²) in [6.45, 7) is 2.11. The highest BCUT2D eigenvalue weighted by molar-refractivity contribution is 5.75. The van der Waals surface area contributed by atoms with E-state index >= 15 is 0 Å². The molecule has 1 aliphatic heterocycles. The number of rotatable bonds is 11. The average Bonchev–Trinajstić information content (AvgIpc) is 3.14. The fourth-order valence-electron chi connectivity index (χ4n) is 9.80. The molecule has 7 heteroatoms. The van der Waals surface area contributed by atoms with Crippen molar-refractivity contribution in [2.45, 2.75) is 88.7 Å².